The molecule has 0 saturated carbocycles. The first-order chi connectivity index (χ1) is 11.9. The molecular formula is C22H31NO2. The van der Waals surface area contributed by atoms with Gasteiger partial charge in [-0.2, -0.15) is 0 Å². The number of fused-ring (bicyclic) bond motifs is 1. The molecule has 1 amide bonds. The molecule has 0 aliphatic rings. The van der Waals surface area contributed by atoms with E-state index in [0.717, 1.165) is 29.2 Å². The summed E-state index contributed by atoms with van der Waals surface area (Å²) in [4.78, 5) is 15.4. The number of nitrogens with zero attached hydrogens (tertiary/aromatic N) is 1. The zero-order valence-electron chi connectivity index (χ0n) is 16.1. The van der Waals surface area contributed by atoms with Gasteiger partial charge in [-0.05, 0) is 50.5 Å². The van der Waals surface area contributed by atoms with Gasteiger partial charge in [0.25, 0.3) is 5.91 Å². The Morgan fingerprint density at radius 3 is 2.28 bits per heavy atom. The number of benzene rings is 2. The molecule has 136 valence electrons. The minimum absolute atomic E-state index is 0.00680. The van der Waals surface area contributed by atoms with E-state index in [1.165, 1.54) is 0 Å². The summed E-state index contributed by atoms with van der Waals surface area (Å²) >= 11 is 0. The average molecular weight is 341 g/mol. The molecule has 0 aliphatic carbocycles. The number of hydrogen-bond donors (Lipinski definition) is 1. The van der Waals surface area contributed by atoms with Crippen LogP contribution in [-0.2, 0) is 0 Å². The number of hydrogen-bond acceptors (Lipinski definition) is 2. The van der Waals surface area contributed by atoms with Crippen molar-refractivity contribution in [1.82, 2.24) is 4.90 Å². The summed E-state index contributed by atoms with van der Waals surface area (Å²) in [6, 6.07) is 12.1. The van der Waals surface area contributed by atoms with Crippen LogP contribution in [0.3, 0.4) is 0 Å². The first-order valence-corrected chi connectivity index (χ1v) is 9.40. The molecule has 2 aromatic rings. The normalized spacial score (nSPS) is 12.8. The fourth-order valence-corrected chi connectivity index (χ4v) is 3.55. The maximum absolute atomic E-state index is 13.5. The minimum atomic E-state index is -0.607. The largest absolute Gasteiger partial charge is 0.388 e. The van der Waals surface area contributed by atoms with E-state index in [4.69, 9.17) is 0 Å². The summed E-state index contributed by atoms with van der Waals surface area (Å²) in [7, 11) is 0. The van der Waals surface area contributed by atoms with Crippen molar-refractivity contribution in [3.63, 3.8) is 0 Å². The Morgan fingerprint density at radius 1 is 1.04 bits per heavy atom. The standard InChI is InChI=1S/C22H31NO2/c1-6-7-12-20(24)19-14-13-17-10-8-9-11-18(17)21(19)22(25)23(15(2)3)16(4)5/h8-11,13-16,20,24H,6-7,12H2,1-5H3. The van der Waals surface area contributed by atoms with Gasteiger partial charge in [-0.15, -0.1) is 0 Å². The lowest BCUT2D eigenvalue weighted by Gasteiger charge is -2.32. The number of amides is 1. The number of carbonyl (C=O) groups excluding carboxylic acids is 1. The molecule has 2 aromatic carbocycles. The molecule has 0 saturated heterocycles. The second-order valence-electron chi connectivity index (χ2n) is 7.31. The van der Waals surface area contributed by atoms with Crippen molar-refractivity contribution >= 4 is 16.7 Å². The Balaban J connectivity index is 2.62. The highest BCUT2D eigenvalue weighted by atomic mass is 16.3. The average Bonchev–Trinajstić information content (AvgIpc) is 2.57. The zero-order valence-corrected chi connectivity index (χ0v) is 16.1. The first kappa shape index (κ1) is 19.5. The van der Waals surface area contributed by atoms with Gasteiger partial charge < -0.3 is 10.0 Å². The Kier molecular flexibility index (Phi) is 6.60. The Hall–Kier alpha value is -1.87. The molecule has 0 radical (unpaired) electrons. The summed E-state index contributed by atoms with van der Waals surface area (Å²) in [6.07, 6.45) is 2.04. The Morgan fingerprint density at radius 2 is 1.68 bits per heavy atom. The fraction of sp³-hybridized carbons (Fsp3) is 0.500. The third-order valence-electron chi connectivity index (χ3n) is 4.71. The van der Waals surface area contributed by atoms with Gasteiger partial charge in [-0.25, -0.2) is 0 Å². The second kappa shape index (κ2) is 8.48. The van der Waals surface area contributed by atoms with Crippen molar-refractivity contribution in [3.8, 4) is 0 Å². The monoisotopic (exact) mass is 341 g/mol. The van der Waals surface area contributed by atoms with Crippen LogP contribution in [0, 0.1) is 0 Å². The van der Waals surface area contributed by atoms with Gasteiger partial charge in [-0.3, -0.25) is 4.79 Å². The number of carbonyl (C=O) groups is 1. The van der Waals surface area contributed by atoms with E-state index < -0.39 is 6.10 Å². The molecule has 3 nitrogen and oxygen atoms in total. The van der Waals surface area contributed by atoms with Gasteiger partial charge in [0.1, 0.15) is 0 Å². The molecule has 0 fully saturated rings. The van der Waals surface area contributed by atoms with Crippen LogP contribution in [0.5, 0.6) is 0 Å². The zero-order chi connectivity index (χ0) is 18.6. The van der Waals surface area contributed by atoms with Gasteiger partial charge in [0.15, 0.2) is 0 Å². The van der Waals surface area contributed by atoms with Gasteiger partial charge >= 0.3 is 0 Å². The smallest absolute Gasteiger partial charge is 0.255 e. The predicted molar refractivity (Wildman–Crippen MR) is 105 cm³/mol. The number of aliphatic hydroxyl groups is 1. The highest BCUT2D eigenvalue weighted by molar-refractivity contribution is 6.08. The Bertz CT molecular complexity index is 713. The lowest BCUT2D eigenvalue weighted by molar-refractivity contribution is 0.0638. The topological polar surface area (TPSA) is 40.5 Å². The van der Waals surface area contributed by atoms with E-state index in [0.29, 0.717) is 12.0 Å². The maximum Gasteiger partial charge on any atom is 0.255 e. The molecule has 0 aliphatic heterocycles. The van der Waals surface area contributed by atoms with Crippen LogP contribution in [0.2, 0.25) is 0 Å². The number of aliphatic hydroxyl groups excluding tert-OH is 1. The van der Waals surface area contributed by atoms with Gasteiger partial charge in [0.2, 0.25) is 0 Å². The fourth-order valence-electron chi connectivity index (χ4n) is 3.55. The van der Waals surface area contributed by atoms with E-state index in [2.05, 4.69) is 6.92 Å². The quantitative estimate of drug-likeness (QED) is 0.740. The van der Waals surface area contributed by atoms with Crippen LogP contribution in [0.4, 0.5) is 0 Å². The predicted octanol–water partition coefficient (Wildman–Crippen LogP) is 5.32. The second-order valence-corrected chi connectivity index (χ2v) is 7.31. The lowest BCUT2D eigenvalue weighted by Crippen LogP contribution is -2.42. The molecule has 0 spiro atoms. The first-order valence-electron chi connectivity index (χ1n) is 9.40. The summed E-state index contributed by atoms with van der Waals surface area (Å²) in [5, 5.41) is 12.7. The van der Waals surface area contributed by atoms with Gasteiger partial charge in [0.05, 0.1) is 11.7 Å². The number of unbranched alkanes of at least 4 members (excludes halogenated alkanes) is 1. The lowest BCUT2D eigenvalue weighted by atomic mass is 9.92. The van der Waals surface area contributed by atoms with Crippen LogP contribution in [-0.4, -0.2) is 28.0 Å². The van der Waals surface area contributed by atoms with Crippen LogP contribution < -0.4 is 0 Å². The van der Waals surface area contributed by atoms with E-state index >= 15 is 0 Å². The minimum Gasteiger partial charge on any atom is -0.388 e. The molecule has 2 rings (SSSR count). The number of rotatable bonds is 7. The van der Waals surface area contributed by atoms with Gasteiger partial charge in [-0.1, -0.05) is 56.2 Å². The van der Waals surface area contributed by atoms with Crippen LogP contribution in [0.15, 0.2) is 36.4 Å². The molecule has 1 N–H and O–H groups in total. The van der Waals surface area contributed by atoms with Crippen molar-refractivity contribution in [1.29, 1.82) is 0 Å². The molecule has 1 atom stereocenters. The van der Waals surface area contributed by atoms with Crippen LogP contribution >= 0.6 is 0 Å². The van der Waals surface area contributed by atoms with Crippen LogP contribution in [0.1, 0.15) is 75.9 Å². The summed E-state index contributed by atoms with van der Waals surface area (Å²) in [5.41, 5.74) is 1.41. The highest BCUT2D eigenvalue weighted by Crippen LogP contribution is 2.31. The maximum atomic E-state index is 13.5. The van der Waals surface area contributed by atoms with E-state index in [1.807, 2.05) is 69.0 Å². The Labute approximate surface area is 151 Å². The summed E-state index contributed by atoms with van der Waals surface area (Å²) in [6.45, 7) is 10.3. The van der Waals surface area contributed by atoms with Gasteiger partial charge in [0, 0.05) is 12.1 Å². The highest BCUT2D eigenvalue weighted by Gasteiger charge is 2.27. The molecule has 1 unspecified atom stereocenters. The SMILES string of the molecule is CCCCC(O)c1ccc2ccccc2c1C(=O)N(C(C)C)C(C)C. The van der Waals surface area contributed by atoms with Crippen molar-refractivity contribution in [2.24, 2.45) is 0 Å². The van der Waals surface area contributed by atoms with Crippen molar-refractivity contribution in [2.75, 3.05) is 0 Å². The summed E-state index contributed by atoms with van der Waals surface area (Å²) < 4.78 is 0. The third kappa shape index (κ3) is 4.21. The third-order valence-corrected chi connectivity index (χ3v) is 4.71. The van der Waals surface area contributed by atoms with Crippen LogP contribution in [0.25, 0.3) is 10.8 Å². The molecule has 0 bridgehead atoms. The summed E-state index contributed by atoms with van der Waals surface area (Å²) in [5.74, 6) is 0.00680. The van der Waals surface area contributed by atoms with Crippen molar-refractivity contribution < 1.29 is 9.90 Å². The van der Waals surface area contributed by atoms with E-state index in [1.54, 1.807) is 0 Å². The van der Waals surface area contributed by atoms with E-state index in [-0.39, 0.29) is 18.0 Å². The molecule has 3 heteroatoms. The molecular weight excluding hydrogens is 310 g/mol. The molecule has 0 aromatic heterocycles. The van der Waals surface area contributed by atoms with Crippen molar-refractivity contribution in [3.05, 3.63) is 47.5 Å². The molecule has 0 heterocycles. The van der Waals surface area contributed by atoms with E-state index in [9.17, 15) is 9.90 Å². The van der Waals surface area contributed by atoms with Crippen molar-refractivity contribution in [2.45, 2.75) is 72.1 Å². The molecule has 25 heavy (non-hydrogen) atoms.